The summed E-state index contributed by atoms with van der Waals surface area (Å²) >= 11 is 5.93. The maximum atomic E-state index is 13.2. The van der Waals surface area contributed by atoms with E-state index in [1.54, 1.807) is 6.07 Å². The van der Waals surface area contributed by atoms with Gasteiger partial charge in [0.1, 0.15) is 0 Å². The zero-order valence-corrected chi connectivity index (χ0v) is 12.3. The van der Waals surface area contributed by atoms with Gasteiger partial charge in [-0.25, -0.2) is 0 Å². The quantitative estimate of drug-likeness (QED) is 0.851. The van der Waals surface area contributed by atoms with Crippen molar-refractivity contribution in [3.05, 3.63) is 40.2 Å². The van der Waals surface area contributed by atoms with E-state index in [9.17, 15) is 18.0 Å². The van der Waals surface area contributed by atoms with E-state index in [1.807, 2.05) is 4.90 Å². The molecule has 1 aliphatic heterocycles. The molecular weight excluding hydrogens is 317 g/mol. The Morgan fingerprint density at radius 2 is 2.09 bits per heavy atom. The predicted molar refractivity (Wildman–Crippen MR) is 80.7 cm³/mol. The Balaban J connectivity index is 2.16. The van der Waals surface area contributed by atoms with Crippen LogP contribution in [0.25, 0.3) is 10.9 Å². The lowest BCUT2D eigenvalue weighted by Crippen LogP contribution is -2.30. The summed E-state index contributed by atoms with van der Waals surface area (Å²) in [5.41, 5.74) is -0.777. The van der Waals surface area contributed by atoms with Crippen molar-refractivity contribution in [3.63, 3.8) is 0 Å². The summed E-state index contributed by atoms with van der Waals surface area (Å²) in [6.45, 7) is 0.771. The lowest BCUT2D eigenvalue weighted by molar-refractivity contribution is -0.136. The van der Waals surface area contributed by atoms with Gasteiger partial charge in [-0.15, -0.1) is 11.6 Å². The number of hydrogen-bond donors (Lipinski definition) is 1. The minimum Gasteiger partial charge on any atom is -0.367 e. The van der Waals surface area contributed by atoms with E-state index < -0.39 is 17.3 Å². The Labute approximate surface area is 129 Å². The second-order valence-corrected chi connectivity index (χ2v) is 5.73. The number of halogens is 4. The largest absolute Gasteiger partial charge is 0.417 e. The minimum atomic E-state index is -4.57. The second kappa shape index (κ2) is 5.50. The molecule has 1 atom stereocenters. The van der Waals surface area contributed by atoms with E-state index >= 15 is 0 Å². The van der Waals surface area contributed by atoms with Crippen molar-refractivity contribution < 1.29 is 13.2 Å². The molecule has 1 saturated heterocycles. The fraction of sp³-hybridized carbons (Fsp3) is 0.400. The van der Waals surface area contributed by atoms with Crippen molar-refractivity contribution >= 4 is 28.2 Å². The van der Waals surface area contributed by atoms with Crippen LogP contribution in [0.15, 0.2) is 29.1 Å². The van der Waals surface area contributed by atoms with Gasteiger partial charge in [-0.05, 0) is 31.0 Å². The maximum absolute atomic E-state index is 13.2. The third-order valence-electron chi connectivity index (χ3n) is 4.02. The molecule has 1 aliphatic rings. The van der Waals surface area contributed by atoms with Gasteiger partial charge in [0.05, 0.1) is 5.56 Å². The van der Waals surface area contributed by atoms with Crippen LogP contribution in [0.5, 0.6) is 0 Å². The fourth-order valence-corrected chi connectivity index (χ4v) is 3.31. The van der Waals surface area contributed by atoms with Crippen molar-refractivity contribution in [2.24, 2.45) is 0 Å². The van der Waals surface area contributed by atoms with Gasteiger partial charge in [-0.2, -0.15) is 13.2 Å². The van der Waals surface area contributed by atoms with E-state index in [0.717, 1.165) is 19.4 Å². The van der Waals surface area contributed by atoms with Gasteiger partial charge in [0.25, 0.3) is 0 Å². The molecule has 0 unspecified atom stereocenters. The third-order valence-corrected chi connectivity index (χ3v) is 4.38. The Kier molecular flexibility index (Phi) is 3.80. The Hall–Kier alpha value is -1.69. The van der Waals surface area contributed by atoms with Crippen LogP contribution in [0, 0.1) is 0 Å². The highest BCUT2D eigenvalue weighted by Crippen LogP contribution is 2.36. The number of aromatic amines is 1. The molecule has 1 N–H and O–H groups in total. The molecule has 0 amide bonds. The first kappa shape index (κ1) is 15.2. The molecular formula is C15H14ClF3N2O. The van der Waals surface area contributed by atoms with Crippen LogP contribution in [-0.4, -0.2) is 23.5 Å². The molecule has 2 heterocycles. The molecule has 22 heavy (non-hydrogen) atoms. The van der Waals surface area contributed by atoms with E-state index in [2.05, 4.69) is 4.98 Å². The molecule has 7 heteroatoms. The summed E-state index contributed by atoms with van der Waals surface area (Å²) in [6.07, 6.45) is -2.67. The molecule has 1 aromatic carbocycles. The molecule has 1 aromatic heterocycles. The summed E-state index contributed by atoms with van der Waals surface area (Å²) in [5, 5.41) is 0.00447. The number of rotatable bonds is 2. The van der Waals surface area contributed by atoms with Crippen LogP contribution in [0.3, 0.4) is 0 Å². The normalized spacial score (nSPS) is 19.1. The number of pyridine rings is 1. The number of nitrogens with one attached hydrogen (secondary N) is 1. The summed E-state index contributed by atoms with van der Waals surface area (Å²) in [4.78, 5) is 15.9. The lowest BCUT2D eigenvalue weighted by atomic mass is 10.1. The van der Waals surface area contributed by atoms with E-state index in [-0.39, 0.29) is 16.9 Å². The molecule has 3 nitrogen and oxygen atoms in total. The first-order valence-corrected chi connectivity index (χ1v) is 7.50. The Morgan fingerprint density at radius 3 is 2.77 bits per heavy atom. The van der Waals surface area contributed by atoms with Gasteiger partial charge in [0, 0.05) is 41.1 Å². The molecule has 2 aromatic rings. The lowest BCUT2D eigenvalue weighted by Gasteiger charge is -2.25. The van der Waals surface area contributed by atoms with E-state index in [0.29, 0.717) is 17.6 Å². The van der Waals surface area contributed by atoms with Gasteiger partial charge < -0.3 is 9.88 Å². The molecule has 1 fully saturated rings. The number of aromatic nitrogens is 1. The number of nitrogens with zero attached hydrogens (tertiary/aromatic N) is 1. The number of benzene rings is 1. The molecule has 0 radical (unpaired) electrons. The number of hydrogen-bond acceptors (Lipinski definition) is 2. The Bertz CT molecular complexity index is 757. The third kappa shape index (κ3) is 2.67. The molecule has 0 spiro atoms. The highest BCUT2D eigenvalue weighted by Gasteiger charge is 2.34. The van der Waals surface area contributed by atoms with Crippen LogP contribution in [0.2, 0.25) is 0 Å². The number of H-pyrrole nitrogens is 1. The van der Waals surface area contributed by atoms with E-state index in [4.69, 9.17) is 11.6 Å². The number of anilines is 1. The zero-order valence-electron chi connectivity index (χ0n) is 11.6. The van der Waals surface area contributed by atoms with Crippen LogP contribution in [-0.2, 0) is 6.18 Å². The van der Waals surface area contributed by atoms with Crippen LogP contribution < -0.4 is 10.5 Å². The van der Waals surface area contributed by atoms with Crippen LogP contribution in [0.1, 0.15) is 18.4 Å². The summed E-state index contributed by atoms with van der Waals surface area (Å²) in [7, 11) is 0. The molecule has 3 rings (SSSR count). The summed E-state index contributed by atoms with van der Waals surface area (Å²) in [6, 6.07) is 5.47. The molecule has 0 bridgehead atoms. The van der Waals surface area contributed by atoms with Gasteiger partial charge in [0.15, 0.2) is 0 Å². The Morgan fingerprint density at radius 1 is 1.32 bits per heavy atom. The average molecular weight is 331 g/mol. The van der Waals surface area contributed by atoms with Gasteiger partial charge >= 0.3 is 6.18 Å². The van der Waals surface area contributed by atoms with Crippen molar-refractivity contribution in [3.8, 4) is 0 Å². The predicted octanol–water partition coefficient (Wildman–Crippen LogP) is 3.75. The topological polar surface area (TPSA) is 36.1 Å². The SMILES string of the molecule is O=c1cc(C(F)(F)F)c2cc(N3CCC[C@@H]3CCl)ccc2[nH]1. The zero-order chi connectivity index (χ0) is 15.9. The highest BCUT2D eigenvalue weighted by atomic mass is 35.5. The first-order chi connectivity index (χ1) is 10.4. The minimum absolute atomic E-state index is 0.00447. The van der Waals surface area contributed by atoms with Crippen molar-refractivity contribution in [1.29, 1.82) is 0 Å². The number of alkyl halides is 4. The average Bonchev–Trinajstić information content (AvgIpc) is 2.93. The smallest absolute Gasteiger partial charge is 0.367 e. The van der Waals surface area contributed by atoms with Crippen LogP contribution in [0.4, 0.5) is 18.9 Å². The first-order valence-electron chi connectivity index (χ1n) is 6.97. The molecule has 0 aliphatic carbocycles. The molecule has 118 valence electrons. The summed E-state index contributed by atoms with van der Waals surface area (Å²) < 4.78 is 39.5. The van der Waals surface area contributed by atoms with Gasteiger partial charge in [-0.3, -0.25) is 4.79 Å². The van der Waals surface area contributed by atoms with Crippen molar-refractivity contribution in [1.82, 2.24) is 4.98 Å². The maximum Gasteiger partial charge on any atom is 0.417 e. The number of fused-ring (bicyclic) bond motifs is 1. The van der Waals surface area contributed by atoms with Gasteiger partial charge in [-0.1, -0.05) is 0 Å². The van der Waals surface area contributed by atoms with Crippen LogP contribution >= 0.6 is 11.6 Å². The standard InChI is InChI=1S/C15H14ClF3N2O/c16-8-10-2-1-5-21(10)9-3-4-13-11(6-9)12(15(17,18)19)7-14(22)20-13/h3-4,6-7,10H,1-2,5,8H2,(H,20,22)/t10-/m1/s1. The van der Waals surface area contributed by atoms with Crippen molar-refractivity contribution in [2.45, 2.75) is 25.1 Å². The van der Waals surface area contributed by atoms with E-state index in [1.165, 1.54) is 12.1 Å². The monoisotopic (exact) mass is 330 g/mol. The second-order valence-electron chi connectivity index (χ2n) is 5.42. The highest BCUT2D eigenvalue weighted by molar-refractivity contribution is 6.18. The van der Waals surface area contributed by atoms with Gasteiger partial charge in [0.2, 0.25) is 5.56 Å². The summed E-state index contributed by atoms with van der Waals surface area (Å²) in [5.74, 6) is 0.440. The fourth-order valence-electron chi connectivity index (χ4n) is 2.99. The molecule has 0 saturated carbocycles. The van der Waals surface area contributed by atoms with Crippen molar-refractivity contribution in [2.75, 3.05) is 17.3 Å².